The minimum absolute atomic E-state index is 0.0398. The molecule has 0 aliphatic carbocycles. The molecule has 3 rings (SSSR count). The van der Waals surface area contributed by atoms with Gasteiger partial charge in [-0.1, -0.05) is 12.1 Å². The van der Waals surface area contributed by atoms with Crippen molar-refractivity contribution < 1.29 is 4.79 Å². The van der Waals surface area contributed by atoms with Crippen LogP contribution in [-0.4, -0.2) is 35.7 Å². The molecule has 1 amide bonds. The number of amides is 1. The minimum Gasteiger partial charge on any atom is -0.382 e. The molecule has 0 bridgehead atoms. The Labute approximate surface area is 112 Å². The summed E-state index contributed by atoms with van der Waals surface area (Å²) >= 11 is 1.71. The Morgan fingerprint density at radius 1 is 1.22 bits per heavy atom. The summed E-state index contributed by atoms with van der Waals surface area (Å²) in [5.74, 6) is 0.307. The molecule has 0 saturated carbocycles. The molecule has 2 aliphatic heterocycles. The topological polar surface area (TPSA) is 32.3 Å². The van der Waals surface area contributed by atoms with Crippen molar-refractivity contribution in [3.05, 3.63) is 24.3 Å². The maximum atomic E-state index is 12.4. The molecule has 1 N–H and O–H groups in total. The van der Waals surface area contributed by atoms with Crippen molar-refractivity contribution >= 4 is 23.4 Å². The van der Waals surface area contributed by atoms with Crippen LogP contribution in [0.3, 0.4) is 0 Å². The lowest BCUT2D eigenvalue weighted by molar-refractivity contribution is -0.131. The first-order valence-electron chi connectivity index (χ1n) is 6.63. The Kier molecular flexibility index (Phi) is 3.46. The van der Waals surface area contributed by atoms with E-state index in [0.717, 1.165) is 38.2 Å². The molecule has 2 heterocycles. The molecule has 1 saturated heterocycles. The van der Waals surface area contributed by atoms with E-state index in [0.29, 0.717) is 5.91 Å². The van der Waals surface area contributed by atoms with E-state index in [9.17, 15) is 4.79 Å². The zero-order valence-corrected chi connectivity index (χ0v) is 11.2. The number of benzene rings is 1. The number of fused-ring (bicyclic) bond motifs is 1. The van der Waals surface area contributed by atoms with Crippen molar-refractivity contribution in [2.24, 2.45) is 0 Å². The number of piperidine rings is 1. The number of nitrogens with zero attached hydrogens (tertiary/aromatic N) is 1. The van der Waals surface area contributed by atoms with Gasteiger partial charge in [0.15, 0.2) is 0 Å². The molecule has 0 radical (unpaired) electrons. The van der Waals surface area contributed by atoms with Crippen LogP contribution in [0.4, 0.5) is 5.69 Å². The Hall–Kier alpha value is -1.16. The van der Waals surface area contributed by atoms with Gasteiger partial charge in [0.05, 0.1) is 0 Å². The predicted octanol–water partition coefficient (Wildman–Crippen LogP) is 2.59. The average molecular weight is 262 g/mol. The Bertz CT molecular complexity index is 443. The minimum atomic E-state index is 0.0398. The lowest BCUT2D eigenvalue weighted by Gasteiger charge is -2.32. The van der Waals surface area contributed by atoms with Gasteiger partial charge < -0.3 is 10.2 Å². The van der Waals surface area contributed by atoms with Crippen LogP contribution >= 0.6 is 11.8 Å². The van der Waals surface area contributed by atoms with E-state index in [1.165, 1.54) is 11.3 Å². The highest BCUT2D eigenvalue weighted by atomic mass is 32.2. The van der Waals surface area contributed by atoms with Gasteiger partial charge in [0.2, 0.25) is 5.91 Å². The molecular weight excluding hydrogens is 244 g/mol. The van der Waals surface area contributed by atoms with Gasteiger partial charge in [-0.05, 0) is 31.4 Å². The van der Waals surface area contributed by atoms with Crippen LogP contribution in [-0.2, 0) is 4.79 Å². The third kappa shape index (κ3) is 2.34. The maximum Gasteiger partial charge on any atom is 0.237 e. The molecule has 4 heteroatoms. The van der Waals surface area contributed by atoms with Crippen LogP contribution in [0, 0.1) is 0 Å². The third-order valence-corrected chi connectivity index (χ3v) is 4.84. The number of thioether (sulfide) groups is 1. The molecule has 1 aromatic rings. The van der Waals surface area contributed by atoms with Crippen LogP contribution in [0.25, 0.3) is 0 Å². The molecule has 1 atom stereocenters. The number of likely N-dealkylation sites (tertiary alicyclic amines) is 1. The van der Waals surface area contributed by atoms with Crippen LogP contribution in [0.1, 0.15) is 19.3 Å². The largest absolute Gasteiger partial charge is 0.382 e. The number of carbonyl (C=O) groups is 1. The summed E-state index contributed by atoms with van der Waals surface area (Å²) in [5, 5.41) is 3.40. The number of hydrogen-bond donors (Lipinski definition) is 1. The molecule has 3 nitrogen and oxygen atoms in total. The van der Waals surface area contributed by atoms with Gasteiger partial charge in [0, 0.05) is 30.2 Å². The van der Waals surface area contributed by atoms with Crippen LogP contribution in [0.5, 0.6) is 0 Å². The number of para-hydroxylation sites is 1. The Morgan fingerprint density at radius 2 is 2.00 bits per heavy atom. The molecule has 0 aromatic heterocycles. The van der Waals surface area contributed by atoms with Gasteiger partial charge in [-0.25, -0.2) is 0 Å². The van der Waals surface area contributed by atoms with Gasteiger partial charge >= 0.3 is 0 Å². The lowest BCUT2D eigenvalue weighted by Crippen LogP contribution is -2.44. The van der Waals surface area contributed by atoms with Gasteiger partial charge in [-0.3, -0.25) is 4.79 Å². The Balaban J connectivity index is 1.69. The van der Waals surface area contributed by atoms with Crippen molar-refractivity contribution in [1.82, 2.24) is 4.90 Å². The van der Waals surface area contributed by atoms with Gasteiger partial charge in [-0.15, -0.1) is 11.8 Å². The quantitative estimate of drug-likeness (QED) is 0.844. The fourth-order valence-electron chi connectivity index (χ4n) is 2.57. The van der Waals surface area contributed by atoms with Gasteiger partial charge in [-0.2, -0.15) is 0 Å². The Morgan fingerprint density at radius 3 is 2.83 bits per heavy atom. The lowest BCUT2D eigenvalue weighted by atomic mass is 10.1. The van der Waals surface area contributed by atoms with Crippen molar-refractivity contribution in [2.45, 2.75) is 29.4 Å². The highest BCUT2D eigenvalue weighted by Gasteiger charge is 2.29. The summed E-state index contributed by atoms with van der Waals surface area (Å²) in [4.78, 5) is 15.7. The predicted molar refractivity (Wildman–Crippen MR) is 75.0 cm³/mol. The van der Waals surface area contributed by atoms with Gasteiger partial charge in [0.1, 0.15) is 5.25 Å². The second-order valence-electron chi connectivity index (χ2n) is 4.87. The highest BCUT2D eigenvalue weighted by molar-refractivity contribution is 8.00. The molecule has 0 unspecified atom stereocenters. The first kappa shape index (κ1) is 11.9. The zero-order chi connectivity index (χ0) is 12.4. The SMILES string of the molecule is O=C([C@H]1CNc2ccccc2S1)N1CCCCC1. The molecule has 96 valence electrons. The number of hydrogen-bond acceptors (Lipinski definition) is 3. The van der Waals surface area contributed by atoms with Crippen molar-refractivity contribution in [3.8, 4) is 0 Å². The number of rotatable bonds is 1. The van der Waals surface area contributed by atoms with Crippen LogP contribution < -0.4 is 5.32 Å². The summed E-state index contributed by atoms with van der Waals surface area (Å²) in [7, 11) is 0. The molecule has 2 aliphatic rings. The first-order valence-corrected chi connectivity index (χ1v) is 7.51. The monoisotopic (exact) mass is 262 g/mol. The normalized spacial score (nSPS) is 23.1. The van der Waals surface area contributed by atoms with E-state index < -0.39 is 0 Å². The summed E-state index contributed by atoms with van der Waals surface area (Å²) in [6.07, 6.45) is 3.59. The van der Waals surface area contributed by atoms with E-state index in [1.807, 2.05) is 17.0 Å². The number of nitrogens with one attached hydrogen (secondary N) is 1. The van der Waals surface area contributed by atoms with Crippen molar-refractivity contribution in [2.75, 3.05) is 25.0 Å². The summed E-state index contributed by atoms with van der Waals surface area (Å²) in [6, 6.07) is 8.22. The molecule has 1 aromatic carbocycles. The van der Waals surface area contributed by atoms with E-state index in [1.54, 1.807) is 11.8 Å². The standard InChI is InChI=1S/C14H18N2OS/c17-14(16-8-4-1-5-9-16)13-10-15-11-6-2-3-7-12(11)18-13/h2-3,6-7,13,15H,1,4-5,8-10H2/t13-/m1/s1. The second-order valence-corrected chi connectivity index (χ2v) is 6.11. The second kappa shape index (κ2) is 5.22. The maximum absolute atomic E-state index is 12.4. The first-order chi connectivity index (χ1) is 8.84. The number of anilines is 1. The molecular formula is C14H18N2OS. The van der Waals surface area contributed by atoms with E-state index in [4.69, 9.17) is 0 Å². The smallest absolute Gasteiger partial charge is 0.237 e. The fraction of sp³-hybridized carbons (Fsp3) is 0.500. The van der Waals surface area contributed by atoms with E-state index in [2.05, 4.69) is 17.4 Å². The van der Waals surface area contributed by atoms with Gasteiger partial charge in [0.25, 0.3) is 0 Å². The zero-order valence-electron chi connectivity index (χ0n) is 10.4. The molecule has 18 heavy (non-hydrogen) atoms. The summed E-state index contributed by atoms with van der Waals surface area (Å²) < 4.78 is 0. The fourth-order valence-corrected chi connectivity index (χ4v) is 3.72. The average Bonchev–Trinajstić information content (AvgIpc) is 2.47. The molecule has 0 spiro atoms. The van der Waals surface area contributed by atoms with E-state index >= 15 is 0 Å². The summed E-state index contributed by atoms with van der Waals surface area (Å²) in [5.41, 5.74) is 1.16. The van der Waals surface area contributed by atoms with Crippen LogP contribution in [0.15, 0.2) is 29.2 Å². The number of carbonyl (C=O) groups excluding carboxylic acids is 1. The van der Waals surface area contributed by atoms with Crippen molar-refractivity contribution in [3.63, 3.8) is 0 Å². The van der Waals surface area contributed by atoms with Crippen molar-refractivity contribution in [1.29, 1.82) is 0 Å². The summed E-state index contributed by atoms with van der Waals surface area (Å²) in [6.45, 7) is 2.63. The van der Waals surface area contributed by atoms with Crippen LogP contribution in [0.2, 0.25) is 0 Å². The third-order valence-electron chi connectivity index (χ3n) is 3.58. The highest BCUT2D eigenvalue weighted by Crippen LogP contribution is 2.35. The van der Waals surface area contributed by atoms with E-state index in [-0.39, 0.29) is 5.25 Å². The molecule has 1 fully saturated rings.